The van der Waals surface area contributed by atoms with Gasteiger partial charge in [-0.3, -0.25) is 10.1 Å². The average molecular weight is 498 g/mol. The first-order valence-electron chi connectivity index (χ1n) is 10.5. The maximum atomic E-state index is 11.0. The first kappa shape index (κ1) is 25.9. The number of halogens is 1. The van der Waals surface area contributed by atoms with Crippen LogP contribution in [-0.2, 0) is 9.47 Å². The molecule has 0 spiro atoms. The van der Waals surface area contributed by atoms with Gasteiger partial charge in [0.25, 0.3) is 5.69 Å². The first-order valence-corrected chi connectivity index (χ1v) is 10.8. The summed E-state index contributed by atoms with van der Waals surface area (Å²) in [5.74, 6) is 0.226. The van der Waals surface area contributed by atoms with Gasteiger partial charge in [-0.2, -0.15) is 15.0 Å². The van der Waals surface area contributed by atoms with E-state index in [0.29, 0.717) is 6.61 Å². The van der Waals surface area contributed by atoms with E-state index in [1.165, 1.54) is 12.1 Å². The second-order valence-electron chi connectivity index (χ2n) is 8.33. The van der Waals surface area contributed by atoms with Crippen molar-refractivity contribution in [3.05, 3.63) is 45.2 Å². The highest BCUT2D eigenvalue weighted by Gasteiger charge is 2.35. The molecule has 2 heterocycles. The molecule has 1 aliphatic rings. The number of nitrogens with one attached hydrogen (secondary N) is 2. The number of non-ortho nitro benzene ring substituents is 1. The van der Waals surface area contributed by atoms with Crippen molar-refractivity contribution in [3.8, 4) is 0 Å². The number of benzene rings is 1. The Kier molecular flexibility index (Phi) is 8.52. The van der Waals surface area contributed by atoms with Gasteiger partial charge >= 0.3 is 0 Å². The molecule has 4 N–H and O–H groups in total. The number of nitrogens with zero attached hydrogens (tertiary/aromatic N) is 5. The summed E-state index contributed by atoms with van der Waals surface area (Å²) >= 11 is 6.00. The van der Waals surface area contributed by atoms with Crippen molar-refractivity contribution < 1.29 is 24.6 Å². The average Bonchev–Trinajstić information content (AvgIpc) is 2.82. The SMILES string of the molecule is CN(C)[C@H]1CO[C@@H](CNc2nc(Cl)nc(NC(C)(CO)CO)n2)O[C@H]1c1ccc([N+](=O)[O-])cc1. The Bertz CT molecular complexity index is 976. The van der Waals surface area contributed by atoms with E-state index in [4.69, 9.17) is 21.1 Å². The maximum absolute atomic E-state index is 11.0. The first-order chi connectivity index (χ1) is 16.1. The number of aromatic nitrogens is 3. The Morgan fingerprint density at radius 2 is 1.85 bits per heavy atom. The van der Waals surface area contributed by atoms with Gasteiger partial charge in [0.2, 0.25) is 17.2 Å². The lowest BCUT2D eigenvalue weighted by Crippen LogP contribution is -2.47. The molecule has 3 rings (SSSR count). The molecule has 1 aromatic carbocycles. The van der Waals surface area contributed by atoms with Crippen molar-refractivity contribution >= 4 is 29.2 Å². The molecule has 1 aromatic heterocycles. The van der Waals surface area contributed by atoms with E-state index in [1.54, 1.807) is 19.1 Å². The van der Waals surface area contributed by atoms with E-state index in [2.05, 4.69) is 25.6 Å². The molecule has 0 radical (unpaired) electrons. The molecule has 1 fully saturated rings. The predicted octanol–water partition coefficient (Wildman–Crippen LogP) is 1.04. The van der Waals surface area contributed by atoms with Gasteiger partial charge in [-0.05, 0) is 50.3 Å². The lowest BCUT2D eigenvalue weighted by Gasteiger charge is -2.40. The van der Waals surface area contributed by atoms with E-state index >= 15 is 0 Å². The number of anilines is 2. The molecule has 186 valence electrons. The number of likely N-dealkylation sites (N-methyl/N-ethyl adjacent to an activating group) is 1. The summed E-state index contributed by atoms with van der Waals surface area (Å²) in [7, 11) is 3.81. The van der Waals surface area contributed by atoms with Crippen molar-refractivity contribution in [1.29, 1.82) is 0 Å². The molecule has 2 aromatic rings. The third kappa shape index (κ3) is 6.46. The number of nitro groups is 1. The van der Waals surface area contributed by atoms with Crippen LogP contribution in [0.25, 0.3) is 0 Å². The highest BCUT2D eigenvalue weighted by atomic mass is 35.5. The minimum atomic E-state index is -1.04. The highest BCUT2D eigenvalue weighted by molar-refractivity contribution is 6.28. The smallest absolute Gasteiger partial charge is 0.269 e. The van der Waals surface area contributed by atoms with E-state index in [1.807, 2.05) is 19.0 Å². The van der Waals surface area contributed by atoms with Crippen LogP contribution in [0.1, 0.15) is 18.6 Å². The molecular formula is C20H28ClN7O6. The van der Waals surface area contributed by atoms with Crippen LogP contribution < -0.4 is 10.6 Å². The quantitative estimate of drug-likeness (QED) is 0.272. The molecular weight excluding hydrogens is 470 g/mol. The van der Waals surface area contributed by atoms with Gasteiger partial charge < -0.3 is 35.2 Å². The van der Waals surface area contributed by atoms with Crippen LogP contribution in [-0.4, -0.2) is 93.3 Å². The van der Waals surface area contributed by atoms with Gasteiger partial charge in [0, 0.05) is 12.1 Å². The Morgan fingerprint density at radius 1 is 1.21 bits per heavy atom. The van der Waals surface area contributed by atoms with Crippen LogP contribution in [0.15, 0.2) is 24.3 Å². The van der Waals surface area contributed by atoms with Crippen molar-refractivity contribution in [1.82, 2.24) is 19.9 Å². The number of ether oxygens (including phenoxy) is 2. The largest absolute Gasteiger partial charge is 0.394 e. The number of aliphatic hydroxyl groups is 2. The molecule has 3 atom stereocenters. The van der Waals surface area contributed by atoms with Gasteiger partial charge in [-0.25, -0.2) is 0 Å². The van der Waals surface area contributed by atoms with Crippen LogP contribution >= 0.6 is 11.6 Å². The summed E-state index contributed by atoms with van der Waals surface area (Å²) in [5, 5.41) is 35.7. The fraction of sp³-hybridized carbons (Fsp3) is 0.550. The number of aliphatic hydroxyl groups excluding tert-OH is 2. The Balaban J connectivity index is 1.70. The molecule has 0 aliphatic carbocycles. The maximum Gasteiger partial charge on any atom is 0.269 e. The molecule has 34 heavy (non-hydrogen) atoms. The zero-order valence-corrected chi connectivity index (χ0v) is 19.8. The zero-order valence-electron chi connectivity index (χ0n) is 19.0. The van der Waals surface area contributed by atoms with Gasteiger partial charge in [-0.1, -0.05) is 0 Å². The van der Waals surface area contributed by atoms with Crippen molar-refractivity contribution in [2.45, 2.75) is 30.9 Å². The summed E-state index contributed by atoms with van der Waals surface area (Å²) in [6.07, 6.45) is -1.05. The van der Waals surface area contributed by atoms with Crippen LogP contribution in [0, 0.1) is 10.1 Å². The normalized spacial score (nSPS) is 20.9. The zero-order chi connectivity index (χ0) is 24.9. The van der Waals surface area contributed by atoms with E-state index in [-0.39, 0.29) is 54.8 Å². The van der Waals surface area contributed by atoms with Crippen LogP contribution in [0.2, 0.25) is 5.28 Å². The molecule has 14 heteroatoms. The van der Waals surface area contributed by atoms with Gasteiger partial charge in [-0.15, -0.1) is 0 Å². The second-order valence-corrected chi connectivity index (χ2v) is 8.67. The summed E-state index contributed by atoms with van der Waals surface area (Å²) in [6.45, 7) is 1.45. The van der Waals surface area contributed by atoms with Crippen molar-refractivity contribution in [3.63, 3.8) is 0 Å². The fourth-order valence-corrected chi connectivity index (χ4v) is 3.42. The molecule has 1 saturated heterocycles. The second kappa shape index (κ2) is 11.2. The topological polar surface area (TPSA) is 168 Å². The molecule has 0 bridgehead atoms. The third-order valence-corrected chi connectivity index (χ3v) is 5.51. The highest BCUT2D eigenvalue weighted by Crippen LogP contribution is 2.31. The Hall–Kier alpha value is -2.68. The van der Waals surface area contributed by atoms with Gasteiger partial charge in [0.15, 0.2) is 6.29 Å². The van der Waals surface area contributed by atoms with Gasteiger partial charge in [0.05, 0.1) is 42.9 Å². The summed E-state index contributed by atoms with van der Waals surface area (Å²) in [5.41, 5.74) is -0.249. The van der Waals surface area contributed by atoms with E-state index in [0.717, 1.165) is 5.56 Å². The molecule has 0 saturated carbocycles. The summed E-state index contributed by atoms with van der Waals surface area (Å²) in [6, 6.07) is 6.15. The summed E-state index contributed by atoms with van der Waals surface area (Å²) < 4.78 is 12.0. The minimum Gasteiger partial charge on any atom is -0.394 e. The predicted molar refractivity (Wildman–Crippen MR) is 124 cm³/mol. The van der Waals surface area contributed by atoms with Gasteiger partial charge in [0.1, 0.15) is 6.10 Å². The number of hydrogen-bond acceptors (Lipinski definition) is 12. The van der Waals surface area contributed by atoms with Crippen molar-refractivity contribution in [2.75, 3.05) is 51.1 Å². The van der Waals surface area contributed by atoms with Crippen LogP contribution in [0.4, 0.5) is 17.6 Å². The summed E-state index contributed by atoms with van der Waals surface area (Å²) in [4.78, 5) is 24.7. The van der Waals surface area contributed by atoms with Crippen LogP contribution in [0.3, 0.4) is 0 Å². The number of hydrogen-bond donors (Lipinski definition) is 4. The fourth-order valence-electron chi connectivity index (χ4n) is 3.26. The van der Waals surface area contributed by atoms with Crippen LogP contribution in [0.5, 0.6) is 0 Å². The molecule has 1 aliphatic heterocycles. The van der Waals surface area contributed by atoms with E-state index < -0.39 is 16.8 Å². The molecule has 0 amide bonds. The minimum absolute atomic E-state index is 0.00468. The van der Waals surface area contributed by atoms with E-state index in [9.17, 15) is 20.3 Å². The standard InChI is InChI=1S/C20H28ClN7O6/c1-20(10-29,11-30)26-19-24-17(21)23-18(25-19)22-8-15-33-9-14(27(2)3)16(34-15)12-4-6-13(7-5-12)28(31)32/h4-7,14-16,29-30H,8-11H2,1-3H3,(H2,22,23,24,25,26)/t14-,15+,16-/m0/s1. The van der Waals surface area contributed by atoms with Crippen molar-refractivity contribution in [2.24, 2.45) is 0 Å². The lowest BCUT2D eigenvalue weighted by molar-refractivity contribution is -0.384. The Labute approximate surface area is 201 Å². The Morgan fingerprint density at radius 3 is 2.44 bits per heavy atom. The third-order valence-electron chi connectivity index (χ3n) is 5.34. The number of nitro benzene ring substituents is 1. The number of rotatable bonds is 10. The molecule has 0 unspecified atom stereocenters. The molecule has 13 nitrogen and oxygen atoms in total. The monoisotopic (exact) mass is 497 g/mol. The lowest BCUT2D eigenvalue weighted by atomic mass is 10.0.